The first-order valence-corrected chi connectivity index (χ1v) is 7.60. The van der Waals surface area contributed by atoms with Gasteiger partial charge in [-0.1, -0.05) is 23.7 Å². The molecule has 0 atom stereocenters. The largest absolute Gasteiger partial charge is 0.409 e. The molecule has 0 aliphatic carbocycles. The van der Waals surface area contributed by atoms with Crippen molar-refractivity contribution in [2.24, 2.45) is 10.9 Å². The predicted octanol–water partition coefficient (Wildman–Crippen LogP) is 2.01. The van der Waals surface area contributed by atoms with Gasteiger partial charge < -0.3 is 20.7 Å². The Balaban J connectivity index is 2.21. The number of nitrogens with zero attached hydrogens (tertiary/aromatic N) is 3. The summed E-state index contributed by atoms with van der Waals surface area (Å²) in [5.41, 5.74) is 8.78. The average molecular weight is 290 g/mol. The van der Waals surface area contributed by atoms with Crippen LogP contribution in [0.2, 0.25) is 0 Å². The second-order valence-electron chi connectivity index (χ2n) is 5.78. The summed E-state index contributed by atoms with van der Waals surface area (Å²) in [5, 5.41) is 12.2. The van der Waals surface area contributed by atoms with Crippen LogP contribution in [0.5, 0.6) is 0 Å². The van der Waals surface area contributed by atoms with Gasteiger partial charge in [0.25, 0.3) is 0 Å². The van der Waals surface area contributed by atoms with Crippen molar-refractivity contribution >= 4 is 11.5 Å². The number of amidine groups is 1. The summed E-state index contributed by atoms with van der Waals surface area (Å²) in [5.74, 6) is 0.173. The van der Waals surface area contributed by atoms with Gasteiger partial charge in [0.05, 0.1) is 0 Å². The van der Waals surface area contributed by atoms with Crippen molar-refractivity contribution in [3.05, 3.63) is 29.3 Å². The second kappa shape index (κ2) is 6.80. The van der Waals surface area contributed by atoms with E-state index in [4.69, 9.17) is 10.9 Å². The number of rotatable bonds is 4. The van der Waals surface area contributed by atoms with E-state index in [0.717, 1.165) is 49.3 Å². The summed E-state index contributed by atoms with van der Waals surface area (Å²) in [6.45, 7) is 7.61. The van der Waals surface area contributed by atoms with E-state index >= 15 is 0 Å². The molecule has 1 saturated heterocycles. The number of oxime groups is 1. The lowest BCUT2D eigenvalue weighted by Gasteiger charge is -2.38. The van der Waals surface area contributed by atoms with Crippen LogP contribution in [0.25, 0.3) is 0 Å². The maximum atomic E-state index is 9.00. The molecule has 1 aromatic carbocycles. The van der Waals surface area contributed by atoms with Crippen molar-refractivity contribution in [3.63, 3.8) is 0 Å². The number of hydrogen-bond donors (Lipinski definition) is 2. The molecular weight excluding hydrogens is 264 g/mol. The van der Waals surface area contributed by atoms with Crippen molar-refractivity contribution < 1.29 is 5.21 Å². The van der Waals surface area contributed by atoms with Crippen molar-refractivity contribution in [3.8, 4) is 0 Å². The van der Waals surface area contributed by atoms with Gasteiger partial charge in [0.2, 0.25) is 0 Å². The third-order valence-electron chi connectivity index (χ3n) is 4.47. The van der Waals surface area contributed by atoms with Gasteiger partial charge >= 0.3 is 0 Å². The third-order valence-corrected chi connectivity index (χ3v) is 4.47. The summed E-state index contributed by atoms with van der Waals surface area (Å²) in [4.78, 5) is 4.75. The Hall–Kier alpha value is -1.75. The van der Waals surface area contributed by atoms with Crippen LogP contribution in [0, 0.1) is 6.92 Å². The molecule has 0 aromatic heterocycles. The molecule has 1 fully saturated rings. The molecule has 1 aliphatic rings. The minimum atomic E-state index is 0.173. The van der Waals surface area contributed by atoms with E-state index in [9.17, 15) is 0 Å². The van der Waals surface area contributed by atoms with E-state index in [-0.39, 0.29) is 5.84 Å². The van der Waals surface area contributed by atoms with Crippen LogP contribution < -0.4 is 10.6 Å². The van der Waals surface area contributed by atoms with Crippen LogP contribution in [0.1, 0.15) is 30.9 Å². The number of nitrogens with two attached hydrogens (primary N) is 1. The quantitative estimate of drug-likeness (QED) is 0.385. The zero-order valence-corrected chi connectivity index (χ0v) is 13.2. The first kappa shape index (κ1) is 15.6. The number of piperidine rings is 1. The van der Waals surface area contributed by atoms with Crippen molar-refractivity contribution in [1.29, 1.82) is 0 Å². The maximum Gasteiger partial charge on any atom is 0.172 e. The fourth-order valence-corrected chi connectivity index (χ4v) is 3.04. The van der Waals surface area contributed by atoms with Gasteiger partial charge in [-0.05, 0) is 38.4 Å². The topological polar surface area (TPSA) is 65.1 Å². The van der Waals surface area contributed by atoms with Crippen LogP contribution in [-0.2, 0) is 0 Å². The normalized spacial score (nSPS) is 18.0. The van der Waals surface area contributed by atoms with Gasteiger partial charge in [-0.25, -0.2) is 0 Å². The van der Waals surface area contributed by atoms with Crippen LogP contribution in [0.4, 0.5) is 5.69 Å². The number of benzene rings is 1. The molecule has 1 aromatic rings. The highest BCUT2D eigenvalue weighted by molar-refractivity contribution is 6.02. The molecule has 5 heteroatoms. The zero-order chi connectivity index (χ0) is 15.4. The van der Waals surface area contributed by atoms with E-state index < -0.39 is 0 Å². The van der Waals surface area contributed by atoms with Gasteiger partial charge in [0.1, 0.15) is 0 Å². The minimum absolute atomic E-state index is 0.173. The van der Waals surface area contributed by atoms with E-state index in [1.807, 2.05) is 13.0 Å². The first-order chi connectivity index (χ1) is 10.1. The molecule has 0 unspecified atom stereocenters. The SMILES string of the molecule is CCN1CCC(N(C)c2ccc(C)cc2/C(N)=N/O)CC1. The van der Waals surface area contributed by atoms with Crippen LogP contribution in [-0.4, -0.2) is 48.7 Å². The van der Waals surface area contributed by atoms with Crippen molar-refractivity contribution in [1.82, 2.24) is 4.90 Å². The summed E-state index contributed by atoms with van der Waals surface area (Å²) < 4.78 is 0. The summed E-state index contributed by atoms with van der Waals surface area (Å²) >= 11 is 0. The van der Waals surface area contributed by atoms with E-state index in [1.54, 1.807) is 0 Å². The summed E-state index contributed by atoms with van der Waals surface area (Å²) in [7, 11) is 2.10. The smallest absolute Gasteiger partial charge is 0.172 e. The highest BCUT2D eigenvalue weighted by Crippen LogP contribution is 2.26. The second-order valence-corrected chi connectivity index (χ2v) is 5.78. The number of hydrogen-bond acceptors (Lipinski definition) is 4. The summed E-state index contributed by atoms with van der Waals surface area (Å²) in [6, 6.07) is 6.61. The van der Waals surface area contributed by atoms with Crippen molar-refractivity contribution in [2.75, 3.05) is 31.6 Å². The van der Waals surface area contributed by atoms with E-state index in [0.29, 0.717) is 6.04 Å². The number of likely N-dealkylation sites (tertiary alicyclic amines) is 1. The molecular formula is C16H26N4O. The monoisotopic (exact) mass is 290 g/mol. The lowest BCUT2D eigenvalue weighted by atomic mass is 10.0. The van der Waals surface area contributed by atoms with Crippen LogP contribution in [0.3, 0.4) is 0 Å². The maximum absolute atomic E-state index is 9.00. The number of aryl methyl sites for hydroxylation is 1. The summed E-state index contributed by atoms with van der Waals surface area (Å²) in [6.07, 6.45) is 2.29. The standard InChI is InChI=1S/C16H26N4O/c1-4-20-9-7-13(8-10-20)19(3)15-6-5-12(2)11-14(15)16(17)18-21/h5-6,11,13,21H,4,7-10H2,1-3H3,(H2,17,18). The molecule has 116 valence electrons. The lowest BCUT2D eigenvalue weighted by molar-refractivity contribution is 0.221. The first-order valence-electron chi connectivity index (χ1n) is 7.60. The van der Waals surface area contributed by atoms with E-state index in [2.05, 4.69) is 41.1 Å². The third kappa shape index (κ3) is 3.47. The molecule has 1 heterocycles. The molecule has 1 aliphatic heterocycles. The van der Waals surface area contributed by atoms with Gasteiger partial charge in [-0.3, -0.25) is 0 Å². The van der Waals surface area contributed by atoms with Gasteiger partial charge in [0, 0.05) is 37.4 Å². The molecule has 21 heavy (non-hydrogen) atoms. The van der Waals surface area contributed by atoms with Gasteiger partial charge in [-0.15, -0.1) is 0 Å². The van der Waals surface area contributed by atoms with Gasteiger partial charge in [-0.2, -0.15) is 0 Å². The highest BCUT2D eigenvalue weighted by Gasteiger charge is 2.23. The molecule has 0 spiro atoms. The van der Waals surface area contributed by atoms with Gasteiger partial charge in [0.15, 0.2) is 5.84 Å². The fraction of sp³-hybridized carbons (Fsp3) is 0.562. The predicted molar refractivity (Wildman–Crippen MR) is 87.2 cm³/mol. The molecule has 0 radical (unpaired) electrons. The molecule has 2 rings (SSSR count). The lowest BCUT2D eigenvalue weighted by Crippen LogP contribution is -2.43. The number of anilines is 1. The molecule has 3 N–H and O–H groups in total. The van der Waals surface area contributed by atoms with E-state index in [1.165, 1.54) is 0 Å². The Morgan fingerprint density at radius 2 is 2.10 bits per heavy atom. The average Bonchev–Trinajstić information content (AvgIpc) is 2.53. The Labute approximate surface area is 127 Å². The zero-order valence-electron chi connectivity index (χ0n) is 13.2. The molecule has 5 nitrogen and oxygen atoms in total. The van der Waals surface area contributed by atoms with Crippen LogP contribution in [0.15, 0.2) is 23.4 Å². The molecule has 0 saturated carbocycles. The minimum Gasteiger partial charge on any atom is -0.409 e. The van der Waals surface area contributed by atoms with Crippen molar-refractivity contribution in [2.45, 2.75) is 32.7 Å². The fourth-order valence-electron chi connectivity index (χ4n) is 3.04. The Morgan fingerprint density at radius 3 is 2.67 bits per heavy atom. The van der Waals surface area contributed by atoms with Crippen LogP contribution >= 0.6 is 0 Å². The molecule has 0 bridgehead atoms. The highest BCUT2D eigenvalue weighted by atomic mass is 16.4. The molecule has 0 amide bonds. The Morgan fingerprint density at radius 1 is 1.43 bits per heavy atom. The Bertz CT molecular complexity index is 507. The Kier molecular flexibility index (Phi) is 5.07.